The average molecular weight is 270 g/mol. The zero-order valence-corrected chi connectivity index (χ0v) is 12.4. The minimum Gasteiger partial charge on any atom is -0.383 e. The van der Waals surface area contributed by atoms with Crippen LogP contribution in [0.2, 0.25) is 0 Å². The summed E-state index contributed by atoms with van der Waals surface area (Å²) in [4.78, 5) is 0. The van der Waals surface area contributed by atoms with Crippen molar-refractivity contribution in [3.8, 4) is 0 Å². The van der Waals surface area contributed by atoms with E-state index in [1.807, 2.05) is 0 Å². The van der Waals surface area contributed by atoms with Gasteiger partial charge in [-0.05, 0) is 51.3 Å². The highest BCUT2D eigenvalue weighted by molar-refractivity contribution is 6.17. The van der Waals surface area contributed by atoms with E-state index in [1.165, 1.54) is 5.56 Å². The molecule has 1 aromatic carbocycles. The summed E-state index contributed by atoms with van der Waals surface area (Å²) in [5.74, 6) is 0.719. The van der Waals surface area contributed by atoms with Crippen LogP contribution in [0.5, 0.6) is 0 Å². The topological polar surface area (TPSA) is 21.3 Å². The van der Waals surface area contributed by atoms with Gasteiger partial charge in [0.2, 0.25) is 0 Å². The summed E-state index contributed by atoms with van der Waals surface area (Å²) < 4.78 is 5.67. The van der Waals surface area contributed by atoms with Crippen molar-refractivity contribution in [2.24, 2.45) is 0 Å². The summed E-state index contributed by atoms with van der Waals surface area (Å²) in [7, 11) is 0. The lowest BCUT2D eigenvalue weighted by molar-refractivity contribution is 0.00333. The van der Waals surface area contributed by atoms with Crippen LogP contribution in [0, 0.1) is 0 Å². The number of aryl methyl sites for hydroxylation is 1. The fourth-order valence-corrected chi connectivity index (χ4v) is 1.79. The van der Waals surface area contributed by atoms with E-state index >= 15 is 0 Å². The molecule has 0 heterocycles. The highest BCUT2D eigenvalue weighted by Gasteiger charge is 2.08. The van der Waals surface area contributed by atoms with Gasteiger partial charge in [-0.15, -0.1) is 11.6 Å². The van der Waals surface area contributed by atoms with Gasteiger partial charge in [0.1, 0.15) is 0 Å². The van der Waals surface area contributed by atoms with E-state index in [0.717, 1.165) is 37.6 Å². The molecule has 0 aliphatic rings. The lowest BCUT2D eigenvalue weighted by atomic mass is 10.1. The number of anilines is 1. The first-order chi connectivity index (χ1) is 8.51. The lowest BCUT2D eigenvalue weighted by Crippen LogP contribution is -2.23. The molecular formula is C15H24ClNO. The van der Waals surface area contributed by atoms with E-state index in [1.54, 1.807) is 0 Å². The van der Waals surface area contributed by atoms with Crippen LogP contribution in [0.25, 0.3) is 0 Å². The Hall–Kier alpha value is -0.730. The summed E-state index contributed by atoms with van der Waals surface area (Å²) in [6.45, 7) is 7.75. The van der Waals surface area contributed by atoms with Crippen molar-refractivity contribution in [2.45, 2.75) is 39.2 Å². The van der Waals surface area contributed by atoms with Crippen molar-refractivity contribution >= 4 is 17.3 Å². The molecule has 0 radical (unpaired) electrons. The molecule has 18 heavy (non-hydrogen) atoms. The lowest BCUT2D eigenvalue weighted by Gasteiger charge is -2.19. The highest BCUT2D eigenvalue weighted by atomic mass is 35.5. The van der Waals surface area contributed by atoms with Gasteiger partial charge in [0, 0.05) is 18.1 Å². The van der Waals surface area contributed by atoms with Crippen molar-refractivity contribution in [3.05, 3.63) is 29.8 Å². The molecule has 0 saturated heterocycles. The Morgan fingerprint density at radius 2 is 2.06 bits per heavy atom. The fourth-order valence-electron chi connectivity index (χ4n) is 1.66. The second-order valence-electron chi connectivity index (χ2n) is 5.38. The molecule has 1 rings (SSSR count). The first kappa shape index (κ1) is 15.3. The van der Waals surface area contributed by atoms with Crippen molar-refractivity contribution < 1.29 is 4.74 Å². The zero-order valence-electron chi connectivity index (χ0n) is 11.6. The van der Waals surface area contributed by atoms with Crippen LogP contribution >= 0.6 is 11.6 Å². The molecule has 0 spiro atoms. The SMILES string of the molecule is CC(C)(C)OCCNc1cccc(CCCCl)c1. The number of alkyl halides is 1. The molecule has 3 heteroatoms. The second kappa shape index (κ2) is 7.65. The number of hydrogen-bond donors (Lipinski definition) is 1. The first-order valence-electron chi connectivity index (χ1n) is 6.54. The molecule has 1 aromatic rings. The zero-order chi connectivity index (χ0) is 13.4. The predicted octanol–water partition coefficient (Wildman–Crippen LogP) is 4.09. The van der Waals surface area contributed by atoms with Gasteiger partial charge in [0.15, 0.2) is 0 Å². The van der Waals surface area contributed by atoms with Crippen LogP contribution in [0.1, 0.15) is 32.8 Å². The molecular weight excluding hydrogens is 246 g/mol. The third-order valence-corrected chi connectivity index (χ3v) is 2.76. The summed E-state index contributed by atoms with van der Waals surface area (Å²) in [6, 6.07) is 8.49. The van der Waals surface area contributed by atoms with Gasteiger partial charge in [0.25, 0.3) is 0 Å². The van der Waals surface area contributed by atoms with Gasteiger partial charge in [-0.25, -0.2) is 0 Å². The van der Waals surface area contributed by atoms with Crippen LogP contribution in [0.15, 0.2) is 24.3 Å². The first-order valence-corrected chi connectivity index (χ1v) is 7.07. The van der Waals surface area contributed by atoms with Gasteiger partial charge in [0.05, 0.1) is 12.2 Å². The van der Waals surface area contributed by atoms with E-state index in [9.17, 15) is 0 Å². The number of benzene rings is 1. The van der Waals surface area contributed by atoms with E-state index in [0.29, 0.717) is 0 Å². The molecule has 102 valence electrons. The number of nitrogens with one attached hydrogen (secondary N) is 1. The largest absolute Gasteiger partial charge is 0.383 e. The smallest absolute Gasteiger partial charge is 0.0646 e. The molecule has 0 bridgehead atoms. The molecule has 1 N–H and O–H groups in total. The Morgan fingerprint density at radius 1 is 1.28 bits per heavy atom. The van der Waals surface area contributed by atoms with E-state index in [4.69, 9.17) is 16.3 Å². The van der Waals surface area contributed by atoms with Crippen molar-refractivity contribution in [1.29, 1.82) is 0 Å². The van der Waals surface area contributed by atoms with Crippen LogP contribution < -0.4 is 5.32 Å². The Morgan fingerprint density at radius 3 is 2.72 bits per heavy atom. The third-order valence-electron chi connectivity index (χ3n) is 2.49. The van der Waals surface area contributed by atoms with Crippen LogP contribution in [0.4, 0.5) is 5.69 Å². The van der Waals surface area contributed by atoms with E-state index in [2.05, 4.69) is 50.4 Å². The summed E-state index contributed by atoms with van der Waals surface area (Å²) in [6.07, 6.45) is 2.07. The van der Waals surface area contributed by atoms with Gasteiger partial charge in [-0.3, -0.25) is 0 Å². The third kappa shape index (κ3) is 6.87. The minimum absolute atomic E-state index is 0.0656. The highest BCUT2D eigenvalue weighted by Crippen LogP contribution is 2.12. The van der Waals surface area contributed by atoms with Gasteiger partial charge in [-0.1, -0.05) is 12.1 Å². The minimum atomic E-state index is -0.0656. The fraction of sp³-hybridized carbons (Fsp3) is 0.600. The second-order valence-corrected chi connectivity index (χ2v) is 5.76. The number of rotatable bonds is 7. The maximum absolute atomic E-state index is 5.70. The quantitative estimate of drug-likeness (QED) is 0.595. The molecule has 0 amide bonds. The molecule has 0 fully saturated rings. The number of halogens is 1. The summed E-state index contributed by atoms with van der Waals surface area (Å²) in [5.41, 5.74) is 2.42. The van der Waals surface area contributed by atoms with E-state index < -0.39 is 0 Å². The van der Waals surface area contributed by atoms with Gasteiger partial charge in [-0.2, -0.15) is 0 Å². The molecule has 0 aliphatic carbocycles. The van der Waals surface area contributed by atoms with Crippen LogP contribution in [-0.2, 0) is 11.2 Å². The Bertz CT molecular complexity index is 347. The predicted molar refractivity (Wildman–Crippen MR) is 79.7 cm³/mol. The Labute approximate surface area is 116 Å². The molecule has 0 aliphatic heterocycles. The Kier molecular flexibility index (Phi) is 6.51. The van der Waals surface area contributed by atoms with E-state index in [-0.39, 0.29) is 5.60 Å². The van der Waals surface area contributed by atoms with Crippen molar-refractivity contribution in [1.82, 2.24) is 0 Å². The molecule has 2 nitrogen and oxygen atoms in total. The van der Waals surface area contributed by atoms with Crippen LogP contribution in [0.3, 0.4) is 0 Å². The summed E-state index contributed by atoms with van der Waals surface area (Å²) >= 11 is 5.70. The molecule has 0 atom stereocenters. The molecule has 0 saturated carbocycles. The molecule has 0 unspecified atom stereocenters. The van der Waals surface area contributed by atoms with Crippen LogP contribution in [-0.4, -0.2) is 24.6 Å². The summed E-state index contributed by atoms with van der Waals surface area (Å²) in [5, 5.41) is 3.38. The number of ether oxygens (including phenoxy) is 1. The normalized spacial score (nSPS) is 11.6. The maximum Gasteiger partial charge on any atom is 0.0646 e. The average Bonchev–Trinajstić information content (AvgIpc) is 2.31. The van der Waals surface area contributed by atoms with Crippen molar-refractivity contribution in [2.75, 3.05) is 24.3 Å². The van der Waals surface area contributed by atoms with Crippen molar-refractivity contribution in [3.63, 3.8) is 0 Å². The van der Waals surface area contributed by atoms with Gasteiger partial charge >= 0.3 is 0 Å². The maximum atomic E-state index is 5.70. The standard InChI is InChI=1S/C15H24ClNO/c1-15(2,3)18-11-10-17-14-8-4-6-13(12-14)7-5-9-16/h4,6,8,12,17H,5,7,9-11H2,1-3H3. The number of hydrogen-bond acceptors (Lipinski definition) is 2. The Balaban J connectivity index is 2.33. The van der Waals surface area contributed by atoms with Gasteiger partial charge < -0.3 is 10.1 Å². The molecule has 0 aromatic heterocycles. The monoisotopic (exact) mass is 269 g/mol.